The normalized spacial score (nSPS) is 10.7. The van der Waals surface area contributed by atoms with Gasteiger partial charge in [0.05, 0.1) is 16.1 Å². The first-order valence-electron chi connectivity index (χ1n) is 5.99. The Kier molecular flexibility index (Phi) is 2.94. The summed E-state index contributed by atoms with van der Waals surface area (Å²) in [4.78, 5) is 28.1. The summed E-state index contributed by atoms with van der Waals surface area (Å²) in [6.07, 6.45) is 0. The molecule has 1 heterocycles. The van der Waals surface area contributed by atoms with Crippen molar-refractivity contribution in [2.24, 2.45) is 0 Å². The predicted molar refractivity (Wildman–Crippen MR) is 74.4 cm³/mol. The second kappa shape index (κ2) is 4.78. The van der Waals surface area contributed by atoms with E-state index in [4.69, 9.17) is 0 Å². The largest absolute Gasteiger partial charge is 0.345 e. The Morgan fingerprint density at radius 2 is 1.95 bits per heavy atom. The van der Waals surface area contributed by atoms with Gasteiger partial charge in [0.1, 0.15) is 5.82 Å². The summed E-state index contributed by atoms with van der Waals surface area (Å²) in [5, 5.41) is 11.2. The number of nitro groups is 1. The summed E-state index contributed by atoms with van der Waals surface area (Å²) in [6, 6.07) is 9.75. The van der Waals surface area contributed by atoms with Crippen LogP contribution >= 0.6 is 0 Å². The number of halogens is 1. The summed E-state index contributed by atoms with van der Waals surface area (Å²) in [5.41, 5.74) is -0.243. The van der Waals surface area contributed by atoms with Crippen molar-refractivity contribution in [3.63, 3.8) is 0 Å². The van der Waals surface area contributed by atoms with Crippen LogP contribution < -0.4 is 5.69 Å². The van der Waals surface area contributed by atoms with Crippen molar-refractivity contribution in [3.8, 4) is 11.3 Å². The topological polar surface area (TPSA) is 88.9 Å². The zero-order valence-electron chi connectivity index (χ0n) is 10.5. The van der Waals surface area contributed by atoms with Crippen molar-refractivity contribution < 1.29 is 9.31 Å². The van der Waals surface area contributed by atoms with Crippen LogP contribution in [-0.2, 0) is 0 Å². The highest BCUT2D eigenvalue weighted by Crippen LogP contribution is 2.28. The monoisotopic (exact) mass is 285 g/mol. The lowest BCUT2D eigenvalue weighted by atomic mass is 10.1. The highest BCUT2D eigenvalue weighted by Gasteiger charge is 2.14. The third-order valence-electron chi connectivity index (χ3n) is 3.05. The number of aromatic nitrogens is 2. The fourth-order valence-electron chi connectivity index (χ4n) is 2.11. The van der Waals surface area contributed by atoms with Gasteiger partial charge in [-0.2, -0.15) is 4.98 Å². The van der Waals surface area contributed by atoms with Gasteiger partial charge in [-0.25, -0.2) is 9.18 Å². The molecule has 104 valence electrons. The van der Waals surface area contributed by atoms with Crippen LogP contribution in [0, 0.1) is 15.9 Å². The van der Waals surface area contributed by atoms with Crippen LogP contribution in [0.5, 0.6) is 0 Å². The van der Waals surface area contributed by atoms with Gasteiger partial charge >= 0.3 is 5.69 Å². The number of H-pyrrole nitrogens is 1. The quantitative estimate of drug-likeness (QED) is 0.579. The zero-order chi connectivity index (χ0) is 15.0. The fourth-order valence-corrected chi connectivity index (χ4v) is 2.11. The summed E-state index contributed by atoms with van der Waals surface area (Å²) >= 11 is 0. The number of rotatable bonds is 2. The van der Waals surface area contributed by atoms with Gasteiger partial charge in [-0.1, -0.05) is 12.1 Å². The molecule has 0 atom stereocenters. The van der Waals surface area contributed by atoms with Crippen LogP contribution in [0.15, 0.2) is 47.3 Å². The van der Waals surface area contributed by atoms with Gasteiger partial charge in [0.2, 0.25) is 0 Å². The molecule has 0 saturated carbocycles. The molecule has 0 unspecified atom stereocenters. The molecule has 0 spiro atoms. The molecule has 0 saturated heterocycles. The lowest BCUT2D eigenvalue weighted by Gasteiger charge is -2.06. The number of hydrogen-bond acceptors (Lipinski definition) is 4. The van der Waals surface area contributed by atoms with E-state index in [-0.39, 0.29) is 16.9 Å². The fraction of sp³-hybridized carbons (Fsp3) is 0. The number of benzene rings is 2. The van der Waals surface area contributed by atoms with Crippen molar-refractivity contribution in [1.82, 2.24) is 9.97 Å². The van der Waals surface area contributed by atoms with E-state index in [9.17, 15) is 19.3 Å². The summed E-state index contributed by atoms with van der Waals surface area (Å²) < 4.78 is 13.9. The van der Waals surface area contributed by atoms with Gasteiger partial charge in [0, 0.05) is 23.1 Å². The van der Waals surface area contributed by atoms with E-state index in [1.807, 2.05) is 0 Å². The first kappa shape index (κ1) is 12.9. The number of nitrogens with zero attached hydrogens (tertiary/aromatic N) is 2. The van der Waals surface area contributed by atoms with Crippen LogP contribution in [-0.4, -0.2) is 14.9 Å². The SMILES string of the molecule is O=c1nc(-c2ccccc2F)c2cc([N+](=O)[O-])ccc2[nH]1. The molecule has 0 amide bonds. The second-order valence-corrected chi connectivity index (χ2v) is 4.36. The number of nitro benzene ring substituents is 1. The summed E-state index contributed by atoms with van der Waals surface area (Å²) in [6.45, 7) is 0. The van der Waals surface area contributed by atoms with Gasteiger partial charge in [-0.15, -0.1) is 0 Å². The Hall–Kier alpha value is -3.09. The smallest absolute Gasteiger partial charge is 0.305 e. The van der Waals surface area contributed by atoms with Crippen molar-refractivity contribution in [3.05, 3.63) is 68.9 Å². The first-order chi connectivity index (χ1) is 10.1. The van der Waals surface area contributed by atoms with Crippen LogP contribution in [0.4, 0.5) is 10.1 Å². The molecule has 7 heteroatoms. The molecule has 21 heavy (non-hydrogen) atoms. The molecule has 3 aromatic rings. The molecule has 0 aliphatic rings. The molecule has 0 bridgehead atoms. The van der Waals surface area contributed by atoms with Gasteiger partial charge in [0.25, 0.3) is 5.69 Å². The lowest BCUT2D eigenvalue weighted by molar-refractivity contribution is -0.384. The van der Waals surface area contributed by atoms with Crippen molar-refractivity contribution in [2.75, 3.05) is 0 Å². The molecule has 3 rings (SSSR count). The van der Waals surface area contributed by atoms with Gasteiger partial charge in [-0.3, -0.25) is 10.1 Å². The summed E-state index contributed by atoms with van der Waals surface area (Å²) in [5.74, 6) is -0.552. The maximum absolute atomic E-state index is 13.9. The van der Waals surface area contributed by atoms with Crippen molar-refractivity contribution >= 4 is 16.6 Å². The minimum absolute atomic E-state index is 0.0792. The molecule has 6 nitrogen and oxygen atoms in total. The molecule has 0 radical (unpaired) electrons. The van der Waals surface area contributed by atoms with Gasteiger partial charge in [0.15, 0.2) is 0 Å². The Bertz CT molecular complexity index is 921. The third kappa shape index (κ3) is 2.25. The molecular weight excluding hydrogens is 277 g/mol. The number of fused-ring (bicyclic) bond motifs is 1. The minimum Gasteiger partial charge on any atom is -0.305 e. The molecule has 1 N–H and O–H groups in total. The van der Waals surface area contributed by atoms with E-state index < -0.39 is 16.4 Å². The Morgan fingerprint density at radius 1 is 1.19 bits per heavy atom. The van der Waals surface area contributed by atoms with Crippen LogP contribution in [0.1, 0.15) is 0 Å². The minimum atomic E-state index is -0.644. The lowest BCUT2D eigenvalue weighted by Crippen LogP contribution is -2.11. The van der Waals surface area contributed by atoms with E-state index in [2.05, 4.69) is 9.97 Å². The maximum Gasteiger partial charge on any atom is 0.345 e. The van der Waals surface area contributed by atoms with Crippen LogP contribution in [0.2, 0.25) is 0 Å². The number of non-ortho nitro benzene ring substituents is 1. The number of nitrogens with one attached hydrogen (secondary N) is 1. The van der Waals surface area contributed by atoms with E-state index >= 15 is 0 Å². The average molecular weight is 285 g/mol. The summed E-state index contributed by atoms with van der Waals surface area (Å²) in [7, 11) is 0. The van der Waals surface area contributed by atoms with Crippen LogP contribution in [0.3, 0.4) is 0 Å². The zero-order valence-corrected chi connectivity index (χ0v) is 10.5. The first-order valence-corrected chi connectivity index (χ1v) is 5.99. The predicted octanol–water partition coefficient (Wildman–Crippen LogP) is 2.64. The molecular formula is C14H8FN3O3. The van der Waals surface area contributed by atoms with Crippen molar-refractivity contribution in [2.45, 2.75) is 0 Å². The third-order valence-corrected chi connectivity index (χ3v) is 3.05. The van der Waals surface area contributed by atoms with Gasteiger partial charge < -0.3 is 4.98 Å². The highest BCUT2D eigenvalue weighted by molar-refractivity contribution is 5.93. The molecule has 2 aromatic carbocycles. The average Bonchev–Trinajstić information content (AvgIpc) is 2.46. The highest BCUT2D eigenvalue weighted by atomic mass is 19.1. The molecule has 0 fully saturated rings. The molecule has 1 aromatic heterocycles. The van der Waals surface area contributed by atoms with E-state index in [0.29, 0.717) is 10.9 Å². The Morgan fingerprint density at radius 3 is 2.67 bits per heavy atom. The maximum atomic E-state index is 13.9. The Balaban J connectivity index is 2.40. The van der Waals surface area contributed by atoms with E-state index in [0.717, 1.165) is 0 Å². The van der Waals surface area contributed by atoms with Crippen LogP contribution in [0.25, 0.3) is 22.2 Å². The van der Waals surface area contributed by atoms with Gasteiger partial charge in [-0.05, 0) is 18.2 Å². The van der Waals surface area contributed by atoms with E-state index in [1.54, 1.807) is 6.07 Å². The number of aromatic amines is 1. The standard InChI is InChI=1S/C14H8FN3O3/c15-11-4-2-1-3-9(11)13-10-7-8(18(20)21)5-6-12(10)16-14(19)17-13/h1-7H,(H,16,17,19). The van der Waals surface area contributed by atoms with Crippen molar-refractivity contribution in [1.29, 1.82) is 0 Å². The van der Waals surface area contributed by atoms with E-state index in [1.165, 1.54) is 36.4 Å². The second-order valence-electron chi connectivity index (χ2n) is 4.36. The molecule has 0 aliphatic carbocycles. The Labute approximate surface area is 117 Å². The molecule has 0 aliphatic heterocycles. The number of hydrogen-bond donors (Lipinski definition) is 1.